The lowest BCUT2D eigenvalue weighted by Crippen LogP contribution is -2.45. The molecule has 1 atom stereocenters. The van der Waals surface area contributed by atoms with Crippen LogP contribution in [0.5, 0.6) is 5.75 Å². The number of ether oxygens (including phenoxy) is 1. The highest BCUT2D eigenvalue weighted by Gasteiger charge is 2.34. The molecule has 0 radical (unpaired) electrons. The molecule has 32 heavy (non-hydrogen) atoms. The van der Waals surface area contributed by atoms with Crippen LogP contribution in [0.4, 0.5) is 11.4 Å². The van der Waals surface area contributed by atoms with Gasteiger partial charge >= 0.3 is 0 Å². The summed E-state index contributed by atoms with van der Waals surface area (Å²) >= 11 is 6.14. The molecule has 166 valence electrons. The zero-order valence-electron chi connectivity index (χ0n) is 17.7. The zero-order chi connectivity index (χ0) is 22.9. The fraction of sp³-hybridized carbons (Fsp3) is 0.208. The van der Waals surface area contributed by atoms with Crippen LogP contribution in [0.1, 0.15) is 12.5 Å². The number of rotatable bonds is 6. The van der Waals surface area contributed by atoms with Gasteiger partial charge in [0.25, 0.3) is 10.0 Å². The minimum absolute atomic E-state index is 0.0564. The number of halogens is 1. The molecule has 3 aromatic carbocycles. The molecule has 8 heteroatoms. The number of amides is 1. The lowest BCUT2D eigenvalue weighted by molar-refractivity contribution is -0.117. The van der Waals surface area contributed by atoms with E-state index in [-0.39, 0.29) is 23.4 Å². The van der Waals surface area contributed by atoms with E-state index in [9.17, 15) is 13.2 Å². The fourth-order valence-corrected chi connectivity index (χ4v) is 5.56. The second-order valence-corrected chi connectivity index (χ2v) is 9.91. The van der Waals surface area contributed by atoms with E-state index in [4.69, 9.17) is 16.3 Å². The molecule has 1 amide bonds. The average molecular weight is 471 g/mol. The monoisotopic (exact) mass is 470 g/mol. The number of fused-ring (bicyclic) bond motifs is 1. The van der Waals surface area contributed by atoms with Gasteiger partial charge in [-0.1, -0.05) is 35.9 Å². The number of methoxy groups -OCH3 is 1. The maximum absolute atomic E-state index is 13.6. The lowest BCUT2D eigenvalue weighted by Gasteiger charge is -2.29. The van der Waals surface area contributed by atoms with Crippen molar-refractivity contribution >= 4 is 38.9 Å². The van der Waals surface area contributed by atoms with Crippen molar-refractivity contribution in [3.8, 4) is 5.75 Å². The Balaban J connectivity index is 1.73. The summed E-state index contributed by atoms with van der Waals surface area (Å²) in [7, 11) is -2.53. The molecule has 1 unspecified atom stereocenters. The van der Waals surface area contributed by atoms with E-state index in [2.05, 4.69) is 0 Å². The number of nitrogens with zero attached hydrogens (tertiary/aromatic N) is 2. The van der Waals surface area contributed by atoms with Crippen molar-refractivity contribution in [3.05, 3.63) is 83.4 Å². The molecule has 0 spiro atoms. The van der Waals surface area contributed by atoms with Crippen LogP contribution in [0.25, 0.3) is 0 Å². The van der Waals surface area contributed by atoms with E-state index < -0.39 is 10.0 Å². The number of benzene rings is 3. The molecule has 1 heterocycles. The Morgan fingerprint density at radius 3 is 2.50 bits per heavy atom. The van der Waals surface area contributed by atoms with E-state index in [1.807, 2.05) is 31.2 Å². The van der Waals surface area contributed by atoms with Gasteiger partial charge in [-0.25, -0.2) is 8.42 Å². The van der Waals surface area contributed by atoms with Gasteiger partial charge in [-0.15, -0.1) is 0 Å². The summed E-state index contributed by atoms with van der Waals surface area (Å²) in [6.07, 6.45) is 0.726. The second kappa shape index (κ2) is 8.84. The molecule has 0 saturated heterocycles. The quantitative estimate of drug-likeness (QED) is 0.531. The van der Waals surface area contributed by atoms with Crippen molar-refractivity contribution in [3.63, 3.8) is 0 Å². The molecule has 4 rings (SSSR count). The molecular formula is C24H23ClN2O4S. The van der Waals surface area contributed by atoms with Crippen molar-refractivity contribution < 1.29 is 17.9 Å². The summed E-state index contributed by atoms with van der Waals surface area (Å²) in [4.78, 5) is 15.2. The maximum Gasteiger partial charge on any atom is 0.264 e. The summed E-state index contributed by atoms with van der Waals surface area (Å²) in [6, 6.07) is 20.2. The fourth-order valence-electron chi connectivity index (χ4n) is 3.97. The van der Waals surface area contributed by atoms with Gasteiger partial charge in [0.05, 0.1) is 17.7 Å². The molecule has 1 aliphatic heterocycles. The maximum atomic E-state index is 13.6. The summed E-state index contributed by atoms with van der Waals surface area (Å²) in [5, 5.41) is 0.379. The van der Waals surface area contributed by atoms with Gasteiger partial charge in [-0.05, 0) is 67.4 Å². The molecule has 0 aliphatic carbocycles. The predicted octanol–water partition coefficient (Wildman–Crippen LogP) is 4.52. The van der Waals surface area contributed by atoms with Crippen molar-refractivity contribution in [2.45, 2.75) is 24.3 Å². The first-order valence-electron chi connectivity index (χ1n) is 10.1. The van der Waals surface area contributed by atoms with Crippen molar-refractivity contribution in [1.29, 1.82) is 0 Å². The Hall–Kier alpha value is -3.03. The number of hydrogen-bond donors (Lipinski definition) is 0. The summed E-state index contributed by atoms with van der Waals surface area (Å²) < 4.78 is 33.4. The molecule has 3 aromatic rings. The third kappa shape index (κ3) is 4.18. The van der Waals surface area contributed by atoms with Crippen LogP contribution in [-0.4, -0.2) is 34.0 Å². The minimum Gasteiger partial charge on any atom is -0.497 e. The van der Waals surface area contributed by atoms with Gasteiger partial charge < -0.3 is 9.64 Å². The Morgan fingerprint density at radius 1 is 1.09 bits per heavy atom. The average Bonchev–Trinajstić information content (AvgIpc) is 3.13. The van der Waals surface area contributed by atoms with E-state index in [0.29, 0.717) is 16.5 Å². The van der Waals surface area contributed by atoms with Crippen LogP contribution >= 0.6 is 11.6 Å². The highest BCUT2D eigenvalue weighted by molar-refractivity contribution is 7.92. The lowest BCUT2D eigenvalue weighted by atomic mass is 10.1. The largest absolute Gasteiger partial charge is 0.497 e. The van der Waals surface area contributed by atoms with E-state index in [1.54, 1.807) is 35.2 Å². The smallest absolute Gasteiger partial charge is 0.264 e. The van der Waals surface area contributed by atoms with Gasteiger partial charge in [0.15, 0.2) is 0 Å². The first kappa shape index (κ1) is 22.2. The third-order valence-electron chi connectivity index (χ3n) is 5.50. The number of hydrogen-bond acceptors (Lipinski definition) is 4. The van der Waals surface area contributed by atoms with Crippen LogP contribution in [0, 0.1) is 0 Å². The minimum atomic E-state index is -4.04. The van der Waals surface area contributed by atoms with Gasteiger partial charge in [-0.3, -0.25) is 9.10 Å². The van der Waals surface area contributed by atoms with Gasteiger partial charge in [0.2, 0.25) is 5.91 Å². The topological polar surface area (TPSA) is 66.9 Å². The molecular weight excluding hydrogens is 448 g/mol. The first-order chi connectivity index (χ1) is 15.3. The van der Waals surface area contributed by atoms with E-state index >= 15 is 0 Å². The summed E-state index contributed by atoms with van der Waals surface area (Å²) in [6.45, 7) is 1.60. The third-order valence-corrected chi connectivity index (χ3v) is 7.52. The van der Waals surface area contributed by atoms with Crippen LogP contribution in [0.3, 0.4) is 0 Å². The van der Waals surface area contributed by atoms with Crippen LogP contribution in [-0.2, 0) is 21.2 Å². The standard InChI is InChI=1S/C24H23ClN2O4S/c1-17-14-18-6-3-4-9-23(18)27(17)24(28)16-26(20-8-5-7-19(25)15-20)32(29,30)22-12-10-21(31-2)11-13-22/h3-13,15,17H,14,16H2,1-2H3. The van der Waals surface area contributed by atoms with Crippen molar-refractivity contribution in [1.82, 2.24) is 0 Å². The van der Waals surface area contributed by atoms with Crippen LogP contribution < -0.4 is 13.9 Å². The first-order valence-corrected chi connectivity index (χ1v) is 12.0. The summed E-state index contributed by atoms with van der Waals surface area (Å²) in [5.74, 6) is 0.233. The van der Waals surface area contributed by atoms with E-state index in [0.717, 1.165) is 22.0 Å². The molecule has 0 N–H and O–H groups in total. The number of carbonyl (C=O) groups is 1. The van der Waals surface area contributed by atoms with Crippen LogP contribution in [0.2, 0.25) is 5.02 Å². The highest BCUT2D eigenvalue weighted by atomic mass is 35.5. The zero-order valence-corrected chi connectivity index (χ0v) is 19.3. The molecule has 6 nitrogen and oxygen atoms in total. The molecule has 0 saturated carbocycles. The van der Waals surface area contributed by atoms with Crippen LogP contribution in [0.15, 0.2) is 77.7 Å². The second-order valence-electron chi connectivity index (χ2n) is 7.61. The normalized spacial score (nSPS) is 15.3. The Labute approximate surface area is 193 Å². The SMILES string of the molecule is COc1ccc(S(=O)(=O)N(CC(=O)N2c3ccccc3CC2C)c2cccc(Cl)c2)cc1. The Kier molecular flexibility index (Phi) is 6.13. The van der Waals surface area contributed by atoms with Gasteiger partial charge in [-0.2, -0.15) is 0 Å². The molecule has 0 bridgehead atoms. The molecule has 0 fully saturated rings. The molecule has 0 aromatic heterocycles. The van der Waals surface area contributed by atoms with E-state index in [1.165, 1.54) is 25.3 Å². The number of sulfonamides is 1. The van der Waals surface area contributed by atoms with Crippen molar-refractivity contribution in [2.75, 3.05) is 22.9 Å². The predicted molar refractivity (Wildman–Crippen MR) is 126 cm³/mol. The number of carbonyl (C=O) groups excluding carboxylic acids is 1. The molecule has 1 aliphatic rings. The van der Waals surface area contributed by atoms with Crippen molar-refractivity contribution in [2.24, 2.45) is 0 Å². The highest BCUT2D eigenvalue weighted by Crippen LogP contribution is 2.33. The van der Waals surface area contributed by atoms with Gasteiger partial charge in [0, 0.05) is 16.8 Å². The summed E-state index contributed by atoms with van der Waals surface area (Å²) in [5.41, 5.74) is 2.21. The Bertz CT molecular complexity index is 1240. The Morgan fingerprint density at radius 2 is 1.81 bits per heavy atom. The number of para-hydroxylation sites is 1. The number of anilines is 2. The van der Waals surface area contributed by atoms with Gasteiger partial charge in [0.1, 0.15) is 12.3 Å².